The van der Waals surface area contributed by atoms with Gasteiger partial charge in [-0.15, -0.1) is 5.10 Å². The Balaban J connectivity index is 2.30. The van der Waals surface area contributed by atoms with Crippen LogP contribution in [0.15, 0.2) is 24.3 Å². The number of primary amides is 1. The molecule has 1 amide bonds. The molecule has 0 aliphatic heterocycles. The predicted molar refractivity (Wildman–Crippen MR) is 58.5 cm³/mol. The lowest BCUT2D eigenvalue weighted by Crippen LogP contribution is -2.19. The van der Waals surface area contributed by atoms with Crippen LogP contribution in [0.2, 0.25) is 0 Å². The Hall–Kier alpha value is -2.44. The number of carbonyl (C=O) groups is 1. The highest BCUT2D eigenvalue weighted by atomic mass is 19.1. The van der Waals surface area contributed by atoms with E-state index in [1.165, 1.54) is 16.8 Å². The maximum atomic E-state index is 12.7. The average molecular weight is 235 g/mol. The molecular formula is C10H10FN5O. The predicted octanol–water partition coefficient (Wildman–Crippen LogP) is 0.147. The number of nitrogen functional groups attached to an aromatic ring is 1. The summed E-state index contributed by atoms with van der Waals surface area (Å²) in [4.78, 5) is 11.1. The number of benzene rings is 1. The van der Waals surface area contributed by atoms with Gasteiger partial charge in [0, 0.05) is 0 Å². The molecule has 1 aromatic heterocycles. The summed E-state index contributed by atoms with van der Waals surface area (Å²) in [5.74, 6) is -1.05. The fraction of sp³-hybridized carbons (Fsp3) is 0.100. The molecule has 0 saturated heterocycles. The minimum absolute atomic E-state index is 0.0142. The molecule has 0 atom stereocenters. The molecule has 1 heterocycles. The highest BCUT2D eigenvalue weighted by Crippen LogP contribution is 2.10. The van der Waals surface area contributed by atoms with E-state index in [4.69, 9.17) is 11.5 Å². The summed E-state index contributed by atoms with van der Waals surface area (Å²) in [6.45, 7) is 0.253. The lowest BCUT2D eigenvalue weighted by atomic mass is 10.2. The van der Waals surface area contributed by atoms with E-state index in [0.29, 0.717) is 0 Å². The second-order valence-electron chi connectivity index (χ2n) is 3.47. The molecule has 1 aromatic carbocycles. The maximum absolute atomic E-state index is 12.7. The Morgan fingerprint density at radius 1 is 1.35 bits per heavy atom. The summed E-state index contributed by atoms with van der Waals surface area (Å²) in [7, 11) is 0. The first-order chi connectivity index (χ1) is 8.08. The van der Waals surface area contributed by atoms with Gasteiger partial charge in [-0.3, -0.25) is 4.79 Å². The highest BCUT2D eigenvalue weighted by Gasteiger charge is 2.15. The Bertz CT molecular complexity index is 548. The van der Waals surface area contributed by atoms with Crippen LogP contribution in [-0.4, -0.2) is 20.9 Å². The number of rotatable bonds is 3. The van der Waals surface area contributed by atoms with Gasteiger partial charge in [0.25, 0.3) is 5.91 Å². The van der Waals surface area contributed by atoms with Gasteiger partial charge in [0.05, 0.1) is 6.54 Å². The van der Waals surface area contributed by atoms with Gasteiger partial charge < -0.3 is 11.5 Å². The van der Waals surface area contributed by atoms with Crippen LogP contribution >= 0.6 is 0 Å². The van der Waals surface area contributed by atoms with E-state index in [1.807, 2.05) is 0 Å². The number of hydrogen-bond donors (Lipinski definition) is 2. The number of anilines is 1. The van der Waals surface area contributed by atoms with Crippen LogP contribution in [0.5, 0.6) is 0 Å². The summed E-state index contributed by atoms with van der Waals surface area (Å²) < 4.78 is 14.0. The Kier molecular flexibility index (Phi) is 2.73. The molecule has 2 rings (SSSR count). The van der Waals surface area contributed by atoms with Gasteiger partial charge >= 0.3 is 0 Å². The molecule has 2 aromatic rings. The molecule has 17 heavy (non-hydrogen) atoms. The smallest absolute Gasteiger partial charge is 0.270 e. The molecule has 88 valence electrons. The van der Waals surface area contributed by atoms with E-state index in [0.717, 1.165) is 5.56 Å². The van der Waals surface area contributed by atoms with Crippen molar-refractivity contribution >= 4 is 11.7 Å². The number of nitrogens with zero attached hydrogens (tertiary/aromatic N) is 3. The number of halogens is 1. The fourth-order valence-corrected chi connectivity index (χ4v) is 1.45. The third-order valence-electron chi connectivity index (χ3n) is 2.24. The molecule has 6 nitrogen and oxygen atoms in total. The molecule has 7 heteroatoms. The highest BCUT2D eigenvalue weighted by molar-refractivity contribution is 5.95. The van der Waals surface area contributed by atoms with Crippen molar-refractivity contribution in [1.29, 1.82) is 0 Å². The van der Waals surface area contributed by atoms with Crippen molar-refractivity contribution in [1.82, 2.24) is 15.0 Å². The zero-order chi connectivity index (χ0) is 12.4. The van der Waals surface area contributed by atoms with Gasteiger partial charge in [0.2, 0.25) is 0 Å². The first-order valence-electron chi connectivity index (χ1n) is 4.81. The van der Waals surface area contributed by atoms with Crippen molar-refractivity contribution in [2.75, 3.05) is 5.73 Å². The van der Waals surface area contributed by atoms with Crippen LogP contribution in [0.25, 0.3) is 0 Å². The molecule has 0 aliphatic rings. The molecule has 0 fully saturated rings. The van der Waals surface area contributed by atoms with E-state index in [-0.39, 0.29) is 23.9 Å². The molecule has 0 spiro atoms. The molecule has 0 bridgehead atoms. The van der Waals surface area contributed by atoms with Crippen molar-refractivity contribution in [3.05, 3.63) is 41.3 Å². The fourth-order valence-electron chi connectivity index (χ4n) is 1.45. The first-order valence-corrected chi connectivity index (χ1v) is 4.81. The van der Waals surface area contributed by atoms with Gasteiger partial charge in [0.1, 0.15) is 5.82 Å². The van der Waals surface area contributed by atoms with E-state index >= 15 is 0 Å². The number of hydrogen-bond acceptors (Lipinski definition) is 4. The molecule has 0 aliphatic carbocycles. The summed E-state index contributed by atoms with van der Waals surface area (Å²) in [5, 5.41) is 7.27. The van der Waals surface area contributed by atoms with Crippen molar-refractivity contribution in [3.63, 3.8) is 0 Å². The molecule has 0 saturated carbocycles. The monoisotopic (exact) mass is 235 g/mol. The van der Waals surface area contributed by atoms with Gasteiger partial charge in [-0.25, -0.2) is 9.07 Å². The van der Waals surface area contributed by atoms with Gasteiger partial charge in [-0.1, -0.05) is 17.3 Å². The van der Waals surface area contributed by atoms with Crippen molar-refractivity contribution < 1.29 is 9.18 Å². The van der Waals surface area contributed by atoms with Crippen LogP contribution in [0.4, 0.5) is 10.2 Å². The third kappa shape index (κ3) is 2.22. The summed E-state index contributed by atoms with van der Waals surface area (Å²) in [6.07, 6.45) is 0. The first kappa shape index (κ1) is 11.1. The number of nitrogens with two attached hydrogens (primary N) is 2. The Morgan fingerprint density at radius 3 is 2.59 bits per heavy atom. The number of amides is 1. The van der Waals surface area contributed by atoms with Gasteiger partial charge in [0.15, 0.2) is 11.5 Å². The molecule has 0 radical (unpaired) electrons. The van der Waals surface area contributed by atoms with Crippen LogP contribution in [0.1, 0.15) is 16.1 Å². The largest absolute Gasteiger partial charge is 0.380 e. The van der Waals surface area contributed by atoms with Gasteiger partial charge in [-0.2, -0.15) is 0 Å². The third-order valence-corrected chi connectivity index (χ3v) is 2.24. The lowest BCUT2D eigenvalue weighted by Gasteiger charge is -2.04. The average Bonchev–Trinajstić information content (AvgIpc) is 2.63. The van der Waals surface area contributed by atoms with E-state index in [9.17, 15) is 9.18 Å². The van der Waals surface area contributed by atoms with Gasteiger partial charge in [-0.05, 0) is 17.7 Å². The van der Waals surface area contributed by atoms with Crippen molar-refractivity contribution in [3.8, 4) is 0 Å². The number of aromatic nitrogens is 3. The topological polar surface area (TPSA) is 99.8 Å². The minimum atomic E-state index is -0.699. The lowest BCUT2D eigenvalue weighted by molar-refractivity contribution is 0.0991. The van der Waals surface area contributed by atoms with Crippen LogP contribution in [0.3, 0.4) is 0 Å². The van der Waals surface area contributed by atoms with E-state index in [1.54, 1.807) is 12.1 Å². The zero-order valence-corrected chi connectivity index (χ0v) is 8.80. The van der Waals surface area contributed by atoms with E-state index < -0.39 is 5.91 Å². The van der Waals surface area contributed by atoms with E-state index in [2.05, 4.69) is 10.3 Å². The Labute approximate surface area is 96.0 Å². The summed E-state index contributed by atoms with van der Waals surface area (Å²) in [5.41, 5.74) is 11.4. The normalized spacial score (nSPS) is 10.4. The molecule has 4 N–H and O–H groups in total. The summed E-state index contributed by atoms with van der Waals surface area (Å²) >= 11 is 0. The second-order valence-corrected chi connectivity index (χ2v) is 3.47. The van der Waals surface area contributed by atoms with Crippen molar-refractivity contribution in [2.45, 2.75) is 6.54 Å². The van der Waals surface area contributed by atoms with Crippen LogP contribution < -0.4 is 11.5 Å². The minimum Gasteiger partial charge on any atom is -0.380 e. The summed E-state index contributed by atoms with van der Waals surface area (Å²) in [6, 6.07) is 5.80. The zero-order valence-electron chi connectivity index (χ0n) is 8.80. The van der Waals surface area contributed by atoms with Crippen molar-refractivity contribution in [2.24, 2.45) is 5.73 Å². The standard InChI is InChI=1S/C10H10FN5O/c11-7-3-1-6(2-4-7)5-16-8(10(13)17)9(12)14-15-16/h1-4H,5,12H2,(H2,13,17). The SMILES string of the molecule is NC(=O)c1c(N)nnn1Cc1ccc(F)cc1. The maximum Gasteiger partial charge on any atom is 0.270 e. The second kappa shape index (κ2) is 4.20. The molecular weight excluding hydrogens is 225 g/mol. The Morgan fingerprint density at radius 2 is 2.00 bits per heavy atom. The van der Waals surface area contributed by atoms with Crippen LogP contribution in [-0.2, 0) is 6.54 Å². The molecule has 0 unspecified atom stereocenters. The van der Waals surface area contributed by atoms with Crippen LogP contribution in [0, 0.1) is 5.82 Å². The quantitative estimate of drug-likeness (QED) is 0.790. The number of carbonyl (C=O) groups excluding carboxylic acids is 1.